The molecule has 0 spiro atoms. The van der Waals surface area contributed by atoms with Gasteiger partial charge in [0.1, 0.15) is 5.82 Å². The molecule has 0 aliphatic rings. The summed E-state index contributed by atoms with van der Waals surface area (Å²) in [4.78, 5) is 19.2. The molecule has 0 radical (unpaired) electrons. The van der Waals surface area contributed by atoms with Crippen molar-refractivity contribution in [3.63, 3.8) is 0 Å². The number of fused-ring (bicyclic) bond motifs is 1. The van der Waals surface area contributed by atoms with E-state index in [4.69, 9.17) is 4.42 Å². The number of hydrogen-bond donors (Lipinski definition) is 0. The molecule has 1 aromatic carbocycles. The second-order valence-electron chi connectivity index (χ2n) is 3.81. The summed E-state index contributed by atoms with van der Waals surface area (Å²) in [7, 11) is 0. The third-order valence-electron chi connectivity index (χ3n) is 2.58. The lowest BCUT2D eigenvalue weighted by atomic mass is 10.2. The maximum absolute atomic E-state index is 13.5. The molecule has 3 aromatic rings. The molecule has 0 aliphatic carbocycles. The summed E-state index contributed by atoms with van der Waals surface area (Å²) in [6.45, 7) is 0. The van der Waals surface area contributed by atoms with Gasteiger partial charge in [-0.2, -0.15) is 4.39 Å². The topological polar surface area (TPSA) is 56.0 Å². The Morgan fingerprint density at radius 1 is 1.16 bits per heavy atom. The van der Waals surface area contributed by atoms with Crippen LogP contribution in [-0.4, -0.2) is 9.97 Å². The molecular formula is C13H6F2N2O2. The fourth-order valence-electron chi connectivity index (χ4n) is 1.71. The number of benzene rings is 1. The highest BCUT2D eigenvalue weighted by atomic mass is 19.1. The van der Waals surface area contributed by atoms with Gasteiger partial charge in [-0.3, -0.25) is 0 Å². The van der Waals surface area contributed by atoms with Crippen LogP contribution in [0.15, 0.2) is 45.7 Å². The molecule has 2 heterocycles. The molecular weight excluding hydrogens is 254 g/mol. The highest BCUT2D eigenvalue weighted by molar-refractivity contribution is 5.78. The normalized spacial score (nSPS) is 10.8. The van der Waals surface area contributed by atoms with Crippen molar-refractivity contribution in [1.29, 1.82) is 0 Å². The van der Waals surface area contributed by atoms with E-state index in [0.29, 0.717) is 0 Å². The summed E-state index contributed by atoms with van der Waals surface area (Å²) in [6, 6.07) is 6.41. The molecule has 0 saturated heterocycles. The largest absolute Gasteiger partial charge is 0.403 e. The third kappa shape index (κ3) is 1.97. The van der Waals surface area contributed by atoms with Gasteiger partial charge in [0.25, 0.3) is 0 Å². The van der Waals surface area contributed by atoms with E-state index in [1.807, 2.05) is 0 Å². The van der Waals surface area contributed by atoms with E-state index in [2.05, 4.69) is 9.97 Å². The first-order valence-electron chi connectivity index (χ1n) is 5.36. The molecule has 0 unspecified atom stereocenters. The molecule has 2 aromatic heterocycles. The minimum atomic E-state index is -0.792. The highest BCUT2D eigenvalue weighted by Gasteiger charge is 2.13. The van der Waals surface area contributed by atoms with Gasteiger partial charge in [0.15, 0.2) is 0 Å². The van der Waals surface area contributed by atoms with Crippen LogP contribution >= 0.6 is 0 Å². The lowest BCUT2D eigenvalue weighted by Crippen LogP contribution is -2.04. The summed E-state index contributed by atoms with van der Waals surface area (Å²) in [5.41, 5.74) is -0.565. The van der Waals surface area contributed by atoms with Crippen LogP contribution in [0, 0.1) is 11.8 Å². The van der Waals surface area contributed by atoms with Gasteiger partial charge in [0.2, 0.25) is 11.8 Å². The monoisotopic (exact) mass is 260 g/mol. The predicted molar refractivity (Wildman–Crippen MR) is 63.4 cm³/mol. The molecule has 6 heteroatoms. The number of halogens is 2. The smallest absolute Gasteiger partial charge is 0.347 e. The Bertz CT molecular complexity index is 830. The quantitative estimate of drug-likeness (QED) is 0.631. The predicted octanol–water partition coefficient (Wildman–Crippen LogP) is 2.53. The van der Waals surface area contributed by atoms with E-state index in [1.165, 1.54) is 24.4 Å². The number of nitrogens with zero attached hydrogens (tertiary/aromatic N) is 2. The minimum absolute atomic E-state index is 0.00745. The van der Waals surface area contributed by atoms with Crippen molar-refractivity contribution >= 4 is 10.9 Å². The van der Waals surface area contributed by atoms with Crippen LogP contribution in [0.3, 0.4) is 0 Å². The maximum Gasteiger partial charge on any atom is 0.347 e. The van der Waals surface area contributed by atoms with Crippen molar-refractivity contribution in [2.24, 2.45) is 0 Å². The van der Waals surface area contributed by atoms with Crippen LogP contribution in [0.2, 0.25) is 0 Å². The molecule has 0 amide bonds. The van der Waals surface area contributed by atoms with E-state index in [-0.39, 0.29) is 22.4 Å². The Morgan fingerprint density at radius 3 is 2.79 bits per heavy atom. The number of aromatic nitrogens is 2. The Labute approximate surface area is 105 Å². The van der Waals surface area contributed by atoms with Gasteiger partial charge in [0.05, 0.1) is 16.5 Å². The minimum Gasteiger partial charge on any atom is -0.403 e. The van der Waals surface area contributed by atoms with E-state index >= 15 is 0 Å². The zero-order valence-electron chi connectivity index (χ0n) is 9.43. The molecule has 0 saturated carbocycles. The second kappa shape index (κ2) is 4.24. The van der Waals surface area contributed by atoms with E-state index < -0.39 is 17.4 Å². The highest BCUT2D eigenvalue weighted by Crippen LogP contribution is 2.20. The van der Waals surface area contributed by atoms with Gasteiger partial charge in [-0.25, -0.2) is 19.2 Å². The molecule has 0 fully saturated rings. The maximum atomic E-state index is 13.5. The summed E-state index contributed by atoms with van der Waals surface area (Å²) >= 11 is 0. The number of hydrogen-bond acceptors (Lipinski definition) is 4. The van der Waals surface area contributed by atoms with Gasteiger partial charge in [0, 0.05) is 6.20 Å². The molecule has 19 heavy (non-hydrogen) atoms. The Morgan fingerprint density at radius 2 is 2.00 bits per heavy atom. The fourth-order valence-corrected chi connectivity index (χ4v) is 1.71. The van der Waals surface area contributed by atoms with Crippen LogP contribution in [0.1, 0.15) is 0 Å². The fraction of sp³-hybridized carbons (Fsp3) is 0. The van der Waals surface area contributed by atoms with Crippen molar-refractivity contribution in [3.05, 3.63) is 58.7 Å². The SMILES string of the molecule is O=c1oc(-c2cccnc2F)nc2ccc(F)cc12. The van der Waals surface area contributed by atoms with Gasteiger partial charge in [-0.1, -0.05) is 0 Å². The average molecular weight is 260 g/mol. The van der Waals surface area contributed by atoms with Crippen LogP contribution in [0.5, 0.6) is 0 Å². The Balaban J connectivity index is 2.31. The molecule has 0 bridgehead atoms. The summed E-state index contributed by atoms with van der Waals surface area (Å²) in [6.07, 6.45) is 1.27. The lowest BCUT2D eigenvalue weighted by molar-refractivity contribution is 0.506. The zero-order chi connectivity index (χ0) is 13.4. The molecule has 94 valence electrons. The summed E-state index contributed by atoms with van der Waals surface area (Å²) in [5, 5.41) is 0.00745. The summed E-state index contributed by atoms with van der Waals surface area (Å²) < 4.78 is 31.4. The first kappa shape index (κ1) is 11.5. The van der Waals surface area contributed by atoms with Crippen molar-refractivity contribution in [3.8, 4) is 11.5 Å². The van der Waals surface area contributed by atoms with Crippen molar-refractivity contribution in [2.75, 3.05) is 0 Å². The van der Waals surface area contributed by atoms with E-state index in [0.717, 1.165) is 12.1 Å². The molecule has 0 aliphatic heterocycles. The van der Waals surface area contributed by atoms with Crippen molar-refractivity contribution in [1.82, 2.24) is 9.97 Å². The zero-order valence-corrected chi connectivity index (χ0v) is 9.43. The lowest BCUT2D eigenvalue weighted by Gasteiger charge is -2.02. The number of rotatable bonds is 1. The van der Waals surface area contributed by atoms with Crippen LogP contribution in [0.25, 0.3) is 22.4 Å². The van der Waals surface area contributed by atoms with Crippen molar-refractivity contribution in [2.45, 2.75) is 0 Å². The van der Waals surface area contributed by atoms with Gasteiger partial charge in [-0.05, 0) is 30.3 Å². The molecule has 3 rings (SSSR count). The molecule has 4 nitrogen and oxygen atoms in total. The first-order chi connectivity index (χ1) is 9.15. The van der Waals surface area contributed by atoms with Crippen LogP contribution < -0.4 is 5.63 Å². The van der Waals surface area contributed by atoms with Crippen LogP contribution in [0.4, 0.5) is 8.78 Å². The Kier molecular flexibility index (Phi) is 2.56. The number of pyridine rings is 1. The van der Waals surface area contributed by atoms with Crippen LogP contribution in [-0.2, 0) is 0 Å². The summed E-state index contributed by atoms with van der Waals surface area (Å²) in [5.74, 6) is -1.55. The first-order valence-corrected chi connectivity index (χ1v) is 5.36. The van der Waals surface area contributed by atoms with Gasteiger partial charge >= 0.3 is 5.63 Å². The Hall–Kier alpha value is -2.63. The van der Waals surface area contributed by atoms with Gasteiger partial charge in [-0.15, -0.1) is 0 Å². The van der Waals surface area contributed by atoms with Gasteiger partial charge < -0.3 is 4.42 Å². The second-order valence-corrected chi connectivity index (χ2v) is 3.81. The standard InChI is InChI=1S/C13H6F2N2O2/c14-7-3-4-10-9(6-7)13(18)19-12(17-10)8-2-1-5-16-11(8)15/h1-6H. The van der Waals surface area contributed by atoms with Crippen molar-refractivity contribution < 1.29 is 13.2 Å². The average Bonchev–Trinajstić information content (AvgIpc) is 2.40. The molecule has 0 atom stereocenters. The van der Waals surface area contributed by atoms with E-state index in [1.54, 1.807) is 0 Å². The molecule has 0 N–H and O–H groups in total. The third-order valence-corrected chi connectivity index (χ3v) is 2.58. The van der Waals surface area contributed by atoms with E-state index in [9.17, 15) is 13.6 Å².